The van der Waals surface area contributed by atoms with Crippen LogP contribution >= 0.6 is 0 Å². The summed E-state index contributed by atoms with van der Waals surface area (Å²) in [6.45, 7) is 2.91. The van der Waals surface area contributed by atoms with Gasteiger partial charge >= 0.3 is 17.9 Å². The van der Waals surface area contributed by atoms with Crippen LogP contribution in [0.3, 0.4) is 0 Å². The van der Waals surface area contributed by atoms with Gasteiger partial charge in [-0.15, -0.1) is 0 Å². The van der Waals surface area contributed by atoms with Crippen molar-refractivity contribution in [3.05, 3.63) is 319 Å². The van der Waals surface area contributed by atoms with Gasteiger partial charge in [-0.25, -0.2) is 27.6 Å². The van der Waals surface area contributed by atoms with E-state index < -0.39 is 34.7 Å². The molecule has 15 nitrogen and oxygen atoms in total. The highest BCUT2D eigenvalue weighted by molar-refractivity contribution is 5.96. The van der Waals surface area contributed by atoms with E-state index in [1.165, 1.54) is 57.7 Å². The van der Waals surface area contributed by atoms with Gasteiger partial charge in [0.2, 0.25) is 0 Å². The van der Waals surface area contributed by atoms with Crippen molar-refractivity contribution in [2.45, 2.75) is 75.0 Å². The second-order valence-corrected chi connectivity index (χ2v) is 23.2. The number of methoxy groups -OCH3 is 3. The zero-order valence-electron chi connectivity index (χ0n) is 53.3. The van der Waals surface area contributed by atoms with Gasteiger partial charge in [0.25, 0.3) is 17.7 Å². The van der Waals surface area contributed by atoms with Crippen molar-refractivity contribution in [1.29, 1.82) is 0 Å². The summed E-state index contributed by atoms with van der Waals surface area (Å²) >= 11 is 0. The van der Waals surface area contributed by atoms with Gasteiger partial charge in [0.1, 0.15) is 34.3 Å². The maximum absolute atomic E-state index is 13.4. The Hall–Kier alpha value is -10.5. The lowest BCUT2D eigenvalue weighted by molar-refractivity contribution is 0.0357. The number of amides is 3. The molecule has 0 bridgehead atoms. The van der Waals surface area contributed by atoms with Crippen LogP contribution in [0.1, 0.15) is 151 Å². The lowest BCUT2D eigenvalue weighted by Gasteiger charge is -2.30. The fourth-order valence-corrected chi connectivity index (χ4v) is 12.1. The number of carbonyl (C=O) groups is 6. The van der Waals surface area contributed by atoms with Crippen LogP contribution in [-0.2, 0) is 64.9 Å². The van der Waals surface area contributed by atoms with Crippen LogP contribution < -0.4 is 16.0 Å². The zero-order valence-corrected chi connectivity index (χ0v) is 53.3. The number of esters is 3. The van der Waals surface area contributed by atoms with E-state index in [1.807, 2.05) is 36.4 Å². The molecular weight excluding hydrogens is 1230 g/mol. The SMILES string of the molecule is COC(=O)c1ccc(CNC(=O)c2ccc(C3(c4ccc(F)cc4)CCCO3)cc2)cc1.COC(=O)c1ccc(CNC(=O)c2ccc(C3(c4ccc(F)cc4)CCCO3)cc2)cc1.COC(=O)c1ccc(CNC(=O)c2ccc(C3(c4ccc(F)cc4)CCCO3)cc2)cc1. The summed E-state index contributed by atoms with van der Waals surface area (Å²) in [6.07, 6.45) is 5.13. The first-order valence-corrected chi connectivity index (χ1v) is 31.4. The third-order valence-electron chi connectivity index (χ3n) is 17.3. The molecule has 3 saturated heterocycles. The van der Waals surface area contributed by atoms with E-state index in [2.05, 4.69) is 30.2 Å². The molecule has 9 aromatic carbocycles. The van der Waals surface area contributed by atoms with Gasteiger partial charge in [-0.1, -0.05) is 109 Å². The molecule has 3 N–H and O–H groups in total. The average Bonchev–Trinajstić information content (AvgIpc) is 1.61. The Labute approximate surface area is 554 Å². The molecule has 18 heteroatoms. The highest BCUT2D eigenvalue weighted by Gasteiger charge is 2.41. The number of halogens is 3. The van der Waals surface area contributed by atoms with E-state index in [-0.39, 0.29) is 35.2 Å². The van der Waals surface area contributed by atoms with Crippen molar-refractivity contribution in [2.75, 3.05) is 41.2 Å². The quantitative estimate of drug-likeness (QED) is 0.0544. The second-order valence-electron chi connectivity index (χ2n) is 23.2. The van der Waals surface area contributed by atoms with E-state index in [4.69, 9.17) is 14.2 Å². The molecular formula is C78H72F3N3O12. The minimum absolute atomic E-state index is 0.197. The minimum atomic E-state index is -0.621. The van der Waals surface area contributed by atoms with Crippen LogP contribution in [-0.4, -0.2) is 76.8 Å². The van der Waals surface area contributed by atoms with Crippen molar-refractivity contribution in [3.8, 4) is 0 Å². The molecule has 3 fully saturated rings. The van der Waals surface area contributed by atoms with Crippen LogP contribution in [0.4, 0.5) is 13.2 Å². The highest BCUT2D eigenvalue weighted by Crippen LogP contribution is 2.45. The first-order valence-electron chi connectivity index (χ1n) is 31.4. The van der Waals surface area contributed by atoms with Crippen molar-refractivity contribution < 1.29 is 70.4 Å². The normalized spacial score (nSPS) is 17.7. The summed E-state index contributed by atoms with van der Waals surface area (Å²) in [7, 11) is 4.01. The molecule has 0 aliphatic carbocycles. The molecule has 3 aliphatic rings. The first-order chi connectivity index (χ1) is 46.5. The summed E-state index contributed by atoms with van der Waals surface area (Å²) in [5.74, 6) is -2.64. The maximum atomic E-state index is 13.4. The second kappa shape index (κ2) is 31.6. The Kier molecular flexibility index (Phi) is 22.5. The molecule has 3 aliphatic heterocycles. The summed E-state index contributed by atoms with van der Waals surface area (Å²) in [4.78, 5) is 72.3. The summed E-state index contributed by atoms with van der Waals surface area (Å²) in [5.41, 5.74) is 9.28. The van der Waals surface area contributed by atoms with Gasteiger partial charge in [-0.2, -0.15) is 0 Å². The van der Waals surface area contributed by atoms with Crippen molar-refractivity contribution in [1.82, 2.24) is 16.0 Å². The molecule has 492 valence electrons. The van der Waals surface area contributed by atoms with E-state index in [9.17, 15) is 41.9 Å². The molecule has 96 heavy (non-hydrogen) atoms. The van der Waals surface area contributed by atoms with Crippen LogP contribution in [0.25, 0.3) is 0 Å². The fourth-order valence-electron chi connectivity index (χ4n) is 12.1. The first kappa shape index (κ1) is 68.3. The molecule has 0 radical (unpaired) electrons. The van der Waals surface area contributed by atoms with Gasteiger partial charge in [-0.05, 0) is 198 Å². The van der Waals surface area contributed by atoms with Gasteiger partial charge < -0.3 is 44.4 Å². The van der Waals surface area contributed by atoms with Crippen LogP contribution in [0.2, 0.25) is 0 Å². The third kappa shape index (κ3) is 16.2. The van der Waals surface area contributed by atoms with Gasteiger partial charge in [-0.3, -0.25) is 14.4 Å². The van der Waals surface area contributed by atoms with Gasteiger partial charge in [0.15, 0.2) is 0 Å². The fraction of sp³-hybridized carbons (Fsp3) is 0.231. The summed E-state index contributed by atoms with van der Waals surface area (Å²) in [6, 6.07) is 61.9. The molecule has 9 aromatic rings. The highest BCUT2D eigenvalue weighted by atomic mass is 19.1. The summed E-state index contributed by atoms with van der Waals surface area (Å²) in [5, 5.41) is 8.66. The average molecular weight is 1300 g/mol. The van der Waals surface area contributed by atoms with Crippen LogP contribution in [0, 0.1) is 17.5 Å². The van der Waals surface area contributed by atoms with E-state index in [0.717, 1.165) is 88.6 Å². The summed E-state index contributed by atoms with van der Waals surface area (Å²) < 4.78 is 72.7. The number of hydrogen-bond donors (Lipinski definition) is 3. The number of ether oxygens (including phenoxy) is 6. The van der Waals surface area contributed by atoms with Crippen molar-refractivity contribution >= 4 is 35.6 Å². The molecule has 3 amide bonds. The van der Waals surface area contributed by atoms with Crippen molar-refractivity contribution in [2.24, 2.45) is 0 Å². The largest absolute Gasteiger partial charge is 0.465 e. The minimum Gasteiger partial charge on any atom is -0.465 e. The molecule has 0 saturated carbocycles. The third-order valence-corrected chi connectivity index (χ3v) is 17.3. The Balaban J connectivity index is 0.000000157. The standard InChI is InChI=1S/3C26H24FNO4/c3*1-31-25(30)20-5-3-18(4-6-20)17-28-24(29)19-7-9-21(10-8-19)26(15-2-16-32-26)22-11-13-23(27)14-12-22/h3*3-14H,2,15-17H2,1H3,(H,28,29). The maximum Gasteiger partial charge on any atom is 0.337 e. The van der Waals surface area contributed by atoms with Crippen LogP contribution in [0.15, 0.2) is 218 Å². The van der Waals surface area contributed by atoms with E-state index >= 15 is 0 Å². The molecule has 3 atom stereocenters. The Bertz CT molecular complexity index is 3690. The number of carbonyl (C=O) groups excluding carboxylic acids is 6. The number of rotatable bonds is 18. The Morgan fingerprint density at radius 3 is 0.698 bits per heavy atom. The molecule has 3 unspecified atom stereocenters. The van der Waals surface area contributed by atoms with Gasteiger partial charge in [0, 0.05) is 56.1 Å². The zero-order chi connectivity index (χ0) is 67.7. The van der Waals surface area contributed by atoms with E-state index in [1.54, 1.807) is 146 Å². The Morgan fingerprint density at radius 2 is 0.510 bits per heavy atom. The molecule has 0 spiro atoms. The van der Waals surface area contributed by atoms with Crippen LogP contribution in [0.5, 0.6) is 0 Å². The monoisotopic (exact) mass is 1300 g/mol. The topological polar surface area (TPSA) is 194 Å². The molecule has 0 aromatic heterocycles. The molecule has 12 rings (SSSR count). The molecule has 3 heterocycles. The van der Waals surface area contributed by atoms with Crippen molar-refractivity contribution in [3.63, 3.8) is 0 Å². The predicted octanol–water partition coefficient (Wildman–Crippen LogP) is 13.8. The number of nitrogens with one attached hydrogen (secondary N) is 3. The lowest BCUT2D eigenvalue weighted by atomic mass is 9.83. The smallest absolute Gasteiger partial charge is 0.337 e. The number of benzene rings is 9. The lowest BCUT2D eigenvalue weighted by Crippen LogP contribution is -2.27. The predicted molar refractivity (Wildman–Crippen MR) is 353 cm³/mol. The van der Waals surface area contributed by atoms with E-state index in [0.29, 0.717) is 72.8 Å². The van der Waals surface area contributed by atoms with Gasteiger partial charge in [0.05, 0.1) is 38.0 Å². The number of hydrogen-bond acceptors (Lipinski definition) is 12. The Morgan fingerprint density at radius 1 is 0.312 bits per heavy atom.